The van der Waals surface area contributed by atoms with Gasteiger partial charge >= 0.3 is 0 Å². The van der Waals surface area contributed by atoms with E-state index in [9.17, 15) is 0 Å². The SMILES string of the molecule is COc1cc2nnc(-c3cc(C)on3)n2nc1OCc1ccc(OC2CCOCC2)nn1. The number of hydrogen-bond acceptors (Lipinski definition) is 11. The molecule has 4 aromatic rings. The number of aromatic nitrogens is 7. The number of aryl methyl sites for hydroxylation is 1. The van der Waals surface area contributed by atoms with Gasteiger partial charge in [-0.3, -0.25) is 0 Å². The van der Waals surface area contributed by atoms with E-state index in [0.717, 1.165) is 12.8 Å². The Kier molecular flexibility index (Phi) is 5.50. The number of fused-ring (bicyclic) bond motifs is 1. The maximum absolute atomic E-state index is 5.86. The van der Waals surface area contributed by atoms with Crippen molar-refractivity contribution in [3.8, 4) is 29.0 Å². The Bertz CT molecular complexity index is 1200. The smallest absolute Gasteiger partial charge is 0.275 e. The predicted molar refractivity (Wildman–Crippen MR) is 108 cm³/mol. The Morgan fingerprint density at radius 1 is 1.09 bits per heavy atom. The van der Waals surface area contributed by atoms with Crippen molar-refractivity contribution >= 4 is 5.65 Å². The Morgan fingerprint density at radius 3 is 2.69 bits per heavy atom. The summed E-state index contributed by atoms with van der Waals surface area (Å²) in [4.78, 5) is 0. The highest BCUT2D eigenvalue weighted by atomic mass is 16.5. The quantitative estimate of drug-likeness (QED) is 0.419. The summed E-state index contributed by atoms with van der Waals surface area (Å²) in [5, 5.41) is 25.0. The van der Waals surface area contributed by atoms with Crippen molar-refractivity contribution in [2.75, 3.05) is 20.3 Å². The lowest BCUT2D eigenvalue weighted by molar-refractivity contribution is 0.0233. The minimum absolute atomic E-state index is 0.104. The molecule has 5 rings (SSSR count). The lowest BCUT2D eigenvalue weighted by atomic mass is 10.2. The van der Waals surface area contributed by atoms with Crippen molar-refractivity contribution in [3.05, 3.63) is 35.7 Å². The highest BCUT2D eigenvalue weighted by Crippen LogP contribution is 2.28. The molecule has 1 saturated heterocycles. The first-order chi connectivity index (χ1) is 15.7. The van der Waals surface area contributed by atoms with Gasteiger partial charge < -0.3 is 23.5 Å². The average Bonchev–Trinajstić information content (AvgIpc) is 3.44. The van der Waals surface area contributed by atoms with Crippen molar-refractivity contribution in [1.29, 1.82) is 0 Å². The first-order valence-corrected chi connectivity index (χ1v) is 10.1. The largest absolute Gasteiger partial charge is 0.491 e. The van der Waals surface area contributed by atoms with E-state index in [2.05, 4.69) is 30.7 Å². The van der Waals surface area contributed by atoms with Crippen LogP contribution in [0.3, 0.4) is 0 Å². The predicted octanol–water partition coefficient (Wildman–Crippen LogP) is 2.02. The zero-order chi connectivity index (χ0) is 21.9. The fourth-order valence-corrected chi connectivity index (χ4v) is 3.27. The van der Waals surface area contributed by atoms with Crippen LogP contribution in [0.2, 0.25) is 0 Å². The van der Waals surface area contributed by atoms with E-state index in [-0.39, 0.29) is 18.6 Å². The molecule has 0 atom stereocenters. The standard InChI is InChI=1S/C20H21N7O5/c1-12-9-15(26-32-12)19-24-22-17-10-16(28-2)20(25-27(17)19)30-11-13-3-4-18(23-21-13)31-14-5-7-29-8-6-14/h3-4,9-10,14H,5-8,11H2,1-2H3. The van der Waals surface area contributed by atoms with E-state index < -0.39 is 0 Å². The van der Waals surface area contributed by atoms with Crippen LogP contribution in [0.15, 0.2) is 28.8 Å². The van der Waals surface area contributed by atoms with Gasteiger partial charge in [0.1, 0.15) is 24.2 Å². The van der Waals surface area contributed by atoms with E-state index in [1.165, 1.54) is 11.6 Å². The van der Waals surface area contributed by atoms with E-state index in [4.69, 9.17) is 23.5 Å². The molecule has 0 aliphatic carbocycles. The topological polar surface area (TPSA) is 132 Å². The number of nitrogens with zero attached hydrogens (tertiary/aromatic N) is 7. The number of hydrogen-bond donors (Lipinski definition) is 0. The molecule has 1 aliphatic rings. The molecule has 0 bridgehead atoms. The van der Waals surface area contributed by atoms with Gasteiger partial charge in [0.2, 0.25) is 11.7 Å². The third-order valence-corrected chi connectivity index (χ3v) is 4.91. The van der Waals surface area contributed by atoms with E-state index >= 15 is 0 Å². The van der Waals surface area contributed by atoms with Gasteiger partial charge in [-0.15, -0.1) is 25.5 Å². The van der Waals surface area contributed by atoms with Crippen LogP contribution < -0.4 is 14.2 Å². The summed E-state index contributed by atoms with van der Waals surface area (Å²) < 4.78 is 29.1. The summed E-state index contributed by atoms with van der Waals surface area (Å²) in [5.41, 5.74) is 1.62. The van der Waals surface area contributed by atoms with Crippen molar-refractivity contribution in [2.45, 2.75) is 32.5 Å². The molecule has 0 unspecified atom stereocenters. The molecule has 0 amide bonds. The van der Waals surface area contributed by atoms with E-state index in [0.29, 0.717) is 53.5 Å². The van der Waals surface area contributed by atoms with Gasteiger partial charge in [-0.25, -0.2) is 0 Å². The molecule has 0 N–H and O–H groups in total. The average molecular weight is 439 g/mol. The van der Waals surface area contributed by atoms with Crippen LogP contribution >= 0.6 is 0 Å². The summed E-state index contributed by atoms with van der Waals surface area (Å²) in [6, 6.07) is 7.01. The van der Waals surface area contributed by atoms with Gasteiger partial charge in [-0.05, 0) is 13.0 Å². The van der Waals surface area contributed by atoms with Crippen LogP contribution in [-0.4, -0.2) is 61.6 Å². The second kappa shape index (κ2) is 8.75. The van der Waals surface area contributed by atoms with Gasteiger partial charge in [0.05, 0.1) is 20.3 Å². The Balaban J connectivity index is 1.32. The molecule has 12 nitrogen and oxygen atoms in total. The monoisotopic (exact) mass is 439 g/mol. The van der Waals surface area contributed by atoms with Crippen molar-refractivity contribution in [2.24, 2.45) is 0 Å². The fourth-order valence-electron chi connectivity index (χ4n) is 3.27. The van der Waals surface area contributed by atoms with Crippen molar-refractivity contribution in [3.63, 3.8) is 0 Å². The minimum atomic E-state index is 0.104. The summed E-state index contributed by atoms with van der Waals surface area (Å²) in [6.45, 7) is 3.34. The Morgan fingerprint density at radius 2 is 1.97 bits per heavy atom. The molecule has 0 aromatic carbocycles. The molecular formula is C20H21N7O5. The summed E-state index contributed by atoms with van der Waals surface area (Å²) >= 11 is 0. The second-order valence-electron chi connectivity index (χ2n) is 7.22. The summed E-state index contributed by atoms with van der Waals surface area (Å²) in [6.07, 6.45) is 1.80. The lowest BCUT2D eigenvalue weighted by Gasteiger charge is -2.22. The first kappa shape index (κ1) is 20.1. The number of ether oxygens (including phenoxy) is 4. The second-order valence-corrected chi connectivity index (χ2v) is 7.22. The van der Waals surface area contributed by atoms with Crippen LogP contribution in [0.1, 0.15) is 24.3 Å². The minimum Gasteiger partial charge on any atom is -0.491 e. The lowest BCUT2D eigenvalue weighted by Crippen LogP contribution is -2.26. The fraction of sp³-hybridized carbons (Fsp3) is 0.400. The summed E-state index contributed by atoms with van der Waals surface area (Å²) in [5.74, 6) is 2.24. The zero-order valence-electron chi connectivity index (χ0n) is 17.6. The molecule has 12 heteroatoms. The van der Waals surface area contributed by atoms with Crippen LogP contribution in [0.4, 0.5) is 0 Å². The third kappa shape index (κ3) is 4.17. The molecule has 166 valence electrons. The Hall–Kier alpha value is -3.80. The molecule has 0 spiro atoms. The van der Waals surface area contributed by atoms with Crippen molar-refractivity contribution in [1.82, 2.24) is 35.2 Å². The van der Waals surface area contributed by atoms with E-state index in [1.807, 2.05) is 0 Å². The van der Waals surface area contributed by atoms with Crippen LogP contribution in [0.25, 0.3) is 17.2 Å². The highest BCUT2D eigenvalue weighted by Gasteiger charge is 2.19. The van der Waals surface area contributed by atoms with Crippen LogP contribution in [-0.2, 0) is 11.3 Å². The van der Waals surface area contributed by atoms with Gasteiger partial charge in [0.25, 0.3) is 5.88 Å². The Labute approximate surface area is 182 Å². The number of rotatable bonds is 7. The first-order valence-electron chi connectivity index (χ1n) is 10.1. The molecule has 1 fully saturated rings. The van der Waals surface area contributed by atoms with Crippen molar-refractivity contribution < 1.29 is 23.5 Å². The summed E-state index contributed by atoms with van der Waals surface area (Å²) in [7, 11) is 1.53. The highest BCUT2D eigenvalue weighted by molar-refractivity contribution is 5.56. The van der Waals surface area contributed by atoms with Gasteiger partial charge in [-0.2, -0.15) is 4.52 Å². The molecule has 5 heterocycles. The zero-order valence-corrected chi connectivity index (χ0v) is 17.6. The van der Waals surface area contributed by atoms with Crippen LogP contribution in [0.5, 0.6) is 17.5 Å². The maximum Gasteiger partial charge on any atom is 0.275 e. The molecule has 1 aliphatic heterocycles. The van der Waals surface area contributed by atoms with Gasteiger partial charge in [0, 0.05) is 31.0 Å². The molecule has 4 aromatic heterocycles. The number of methoxy groups -OCH3 is 1. The third-order valence-electron chi connectivity index (χ3n) is 4.91. The van der Waals surface area contributed by atoms with E-state index in [1.54, 1.807) is 31.2 Å². The van der Waals surface area contributed by atoms with Gasteiger partial charge in [0.15, 0.2) is 17.1 Å². The molecule has 0 saturated carbocycles. The molecular weight excluding hydrogens is 418 g/mol. The normalized spacial score (nSPS) is 14.6. The van der Waals surface area contributed by atoms with Gasteiger partial charge in [-0.1, -0.05) is 5.16 Å². The molecule has 0 radical (unpaired) electrons. The molecule has 32 heavy (non-hydrogen) atoms. The van der Waals surface area contributed by atoms with Crippen LogP contribution in [0, 0.1) is 6.92 Å². The maximum atomic E-state index is 5.86.